The van der Waals surface area contributed by atoms with Crippen LogP contribution in [-0.2, 0) is 68.9 Å². The number of hydrogen-bond donors (Lipinski definition) is 1. The molecule has 0 fully saturated rings. The third kappa shape index (κ3) is 11.3. The van der Waals surface area contributed by atoms with Crippen LogP contribution in [0.4, 0.5) is 0 Å². The van der Waals surface area contributed by atoms with Crippen LogP contribution in [0.25, 0.3) is 11.0 Å². The molecule has 9 nitrogen and oxygen atoms in total. The summed E-state index contributed by atoms with van der Waals surface area (Å²) in [5, 5.41) is 11.2. The van der Waals surface area contributed by atoms with Crippen molar-refractivity contribution in [1.29, 1.82) is 0 Å². The lowest BCUT2D eigenvalue weighted by Gasteiger charge is -2.45. The van der Waals surface area contributed by atoms with Gasteiger partial charge in [0.25, 0.3) is 0 Å². The van der Waals surface area contributed by atoms with E-state index in [2.05, 4.69) is 84.9 Å². The van der Waals surface area contributed by atoms with Gasteiger partial charge in [-0.1, -0.05) is 115 Å². The third-order valence-corrected chi connectivity index (χ3v) is 13.6. The van der Waals surface area contributed by atoms with E-state index in [1.165, 1.54) is 16.7 Å². The van der Waals surface area contributed by atoms with E-state index in [4.69, 9.17) is 23.4 Å². The largest absolute Gasteiger partial charge is 0.483 e. The van der Waals surface area contributed by atoms with E-state index in [-0.39, 0.29) is 36.5 Å². The van der Waals surface area contributed by atoms with Gasteiger partial charge in [-0.05, 0) is 136 Å². The summed E-state index contributed by atoms with van der Waals surface area (Å²) < 4.78 is 31.9. The van der Waals surface area contributed by atoms with Crippen molar-refractivity contribution >= 4 is 22.9 Å². The quantitative estimate of drug-likeness (QED) is 0.0686. The Kier molecular flexibility index (Phi) is 15.2. The van der Waals surface area contributed by atoms with Crippen molar-refractivity contribution < 1.29 is 38.1 Å². The molecule has 0 saturated heterocycles. The summed E-state index contributed by atoms with van der Waals surface area (Å²) in [6, 6.07) is 41.3. The number of aliphatic hydroxyl groups is 1. The summed E-state index contributed by atoms with van der Waals surface area (Å²) in [7, 11) is 1.55. The molecule has 0 spiro atoms. The third-order valence-electron chi connectivity index (χ3n) is 13.6. The van der Waals surface area contributed by atoms with Crippen LogP contribution in [0.5, 0.6) is 5.75 Å². The van der Waals surface area contributed by atoms with E-state index in [1.54, 1.807) is 19.2 Å². The second kappa shape index (κ2) is 21.6. The van der Waals surface area contributed by atoms with Gasteiger partial charge in [-0.15, -0.1) is 0 Å². The van der Waals surface area contributed by atoms with Crippen molar-refractivity contribution in [3.05, 3.63) is 193 Å². The molecule has 0 amide bonds. The zero-order valence-electron chi connectivity index (χ0n) is 39.2. The molecule has 6 aromatic rings. The predicted molar refractivity (Wildman–Crippen MR) is 260 cm³/mol. The maximum absolute atomic E-state index is 14.9. The number of aryl methyl sites for hydroxylation is 3. The van der Waals surface area contributed by atoms with E-state index in [0.29, 0.717) is 59.9 Å². The first-order chi connectivity index (χ1) is 32.5. The second-order valence-corrected chi connectivity index (χ2v) is 18.7. The molecule has 0 saturated carbocycles. The number of fused-ring (bicyclic) bond motifs is 13. The molecule has 5 aromatic carbocycles. The average molecular weight is 903 g/mol. The minimum Gasteiger partial charge on any atom is -0.483 e. The summed E-state index contributed by atoms with van der Waals surface area (Å²) in [4.78, 5) is 43.4. The minimum absolute atomic E-state index is 0.0839. The van der Waals surface area contributed by atoms with Crippen LogP contribution in [-0.4, -0.2) is 42.5 Å². The smallest absolute Gasteiger partial charge is 0.339 e. The van der Waals surface area contributed by atoms with E-state index >= 15 is 0 Å². The molecule has 1 N–H and O–H groups in total. The zero-order chi connectivity index (χ0) is 46.9. The van der Waals surface area contributed by atoms with Gasteiger partial charge in [-0.3, -0.25) is 4.79 Å². The highest BCUT2D eigenvalue weighted by Crippen LogP contribution is 2.49. The van der Waals surface area contributed by atoms with Crippen molar-refractivity contribution in [3.63, 3.8) is 0 Å². The number of esters is 2. The average Bonchev–Trinajstić information content (AvgIpc) is 3.32. The summed E-state index contributed by atoms with van der Waals surface area (Å²) >= 11 is 0. The van der Waals surface area contributed by atoms with Crippen molar-refractivity contribution in [2.45, 2.75) is 116 Å². The molecule has 4 atom stereocenters. The van der Waals surface area contributed by atoms with E-state index in [0.717, 1.165) is 47.9 Å². The second-order valence-electron chi connectivity index (χ2n) is 18.7. The number of benzene rings is 5. The first-order valence-electron chi connectivity index (χ1n) is 23.7. The fraction of sp³-hybridized carbons (Fsp3) is 0.362. The van der Waals surface area contributed by atoms with Crippen LogP contribution in [0.2, 0.25) is 0 Å². The van der Waals surface area contributed by atoms with Crippen LogP contribution in [0.3, 0.4) is 0 Å². The number of carbonyl (C=O) groups is 2. The first-order valence-corrected chi connectivity index (χ1v) is 23.7. The number of allylic oxidation sites excluding steroid dienone is 1. The lowest BCUT2D eigenvalue weighted by atomic mass is 9.81. The molecule has 3 aliphatic heterocycles. The number of aliphatic hydroxyl groups excluding tert-OH is 1. The number of ether oxygens (including phenoxy) is 4. The van der Waals surface area contributed by atoms with Crippen LogP contribution >= 0.6 is 0 Å². The van der Waals surface area contributed by atoms with Gasteiger partial charge in [0.15, 0.2) is 12.2 Å². The topological polar surface area (TPSA) is 122 Å². The fourth-order valence-corrected chi connectivity index (χ4v) is 9.92. The normalized spacial score (nSPS) is 19.8. The van der Waals surface area contributed by atoms with Gasteiger partial charge in [0.2, 0.25) is 0 Å². The Morgan fingerprint density at radius 2 is 1.43 bits per heavy atom. The van der Waals surface area contributed by atoms with Crippen molar-refractivity contribution in [3.8, 4) is 5.75 Å². The Morgan fingerprint density at radius 3 is 2.15 bits per heavy atom. The molecule has 2 bridgehead atoms. The number of hydrogen-bond acceptors (Lipinski definition) is 9. The maximum atomic E-state index is 14.9. The molecule has 1 aromatic heterocycles. The van der Waals surface area contributed by atoms with E-state index in [1.807, 2.05) is 45.0 Å². The molecule has 4 unspecified atom stereocenters. The standard InChI is InChI=1S/C58H62O9/c1-38(2)46-27-26-40-20-22-43(23-21-40)35-45(25-24-42-17-11-18-44(34-42)33-41-15-9-6-10-16-41)36-51(60)64-54-52-50(29-28-47-49(37-59)48(30-32-63-4)57(62)65-53(47)52)67-58(3,55(54)66-56(46)61)31-12-19-39-13-7-5-8-14-39/h5-11,13-18,20-23,28-29,34,45,54-55,59H,12,19,24-27,30-33,35-37H2,1-4H3. The number of carbonyl (C=O) groups excluding carboxylic acids is 2. The lowest BCUT2D eigenvalue weighted by Crippen LogP contribution is -2.54. The monoisotopic (exact) mass is 902 g/mol. The van der Waals surface area contributed by atoms with Crippen molar-refractivity contribution in [2.75, 3.05) is 13.7 Å². The highest BCUT2D eigenvalue weighted by molar-refractivity contribution is 5.90. The number of methoxy groups -OCH3 is 1. The highest BCUT2D eigenvalue weighted by atomic mass is 16.6. The summed E-state index contributed by atoms with van der Waals surface area (Å²) in [6.45, 7) is 5.51. The van der Waals surface area contributed by atoms with Crippen LogP contribution in [0, 0.1) is 5.92 Å². The van der Waals surface area contributed by atoms with Crippen LogP contribution in [0.15, 0.2) is 142 Å². The predicted octanol–water partition coefficient (Wildman–Crippen LogP) is 10.9. The molecule has 67 heavy (non-hydrogen) atoms. The van der Waals surface area contributed by atoms with Gasteiger partial charge in [-0.25, -0.2) is 9.59 Å². The van der Waals surface area contributed by atoms with Crippen molar-refractivity contribution in [2.24, 2.45) is 5.92 Å². The molecule has 348 valence electrons. The van der Waals surface area contributed by atoms with Gasteiger partial charge < -0.3 is 28.5 Å². The first kappa shape index (κ1) is 47.2. The summed E-state index contributed by atoms with van der Waals surface area (Å²) in [6.07, 6.45) is 3.80. The summed E-state index contributed by atoms with van der Waals surface area (Å²) in [5.41, 5.74) is 7.64. The maximum Gasteiger partial charge on any atom is 0.339 e. The fourth-order valence-electron chi connectivity index (χ4n) is 9.92. The summed E-state index contributed by atoms with van der Waals surface area (Å²) in [5.74, 6) is -0.755. The molecular formula is C58H62O9. The molecule has 0 radical (unpaired) electrons. The van der Waals surface area contributed by atoms with Crippen LogP contribution in [0.1, 0.15) is 109 Å². The van der Waals surface area contributed by atoms with E-state index in [9.17, 15) is 19.5 Å². The zero-order valence-corrected chi connectivity index (χ0v) is 39.2. The molecular weight excluding hydrogens is 841 g/mol. The van der Waals surface area contributed by atoms with Crippen LogP contribution < -0.4 is 10.4 Å². The van der Waals surface area contributed by atoms with Gasteiger partial charge in [-0.2, -0.15) is 0 Å². The molecule has 9 heteroatoms. The molecule has 0 aliphatic carbocycles. The van der Waals surface area contributed by atoms with Gasteiger partial charge >= 0.3 is 17.6 Å². The van der Waals surface area contributed by atoms with E-state index < -0.39 is 42.0 Å². The molecule has 4 heterocycles. The SMILES string of the molecule is COCCc1c(CO)c2ccc3c(c2oc1=O)C1OC(=O)CC(CCc2cccc(Cc4ccccc4)c2)Cc2ccc(cc2)CCC(=C(C)C)C(=O)OC1C(C)(CCCc1ccccc1)O3. The lowest BCUT2D eigenvalue weighted by molar-refractivity contribution is -0.192. The van der Waals surface area contributed by atoms with Gasteiger partial charge in [0.1, 0.15) is 16.9 Å². The van der Waals surface area contributed by atoms with Crippen molar-refractivity contribution in [1.82, 2.24) is 0 Å². The molecule has 9 rings (SSSR count). The minimum atomic E-state index is -1.23. The molecule has 3 aliphatic rings. The Balaban J connectivity index is 1.20. The highest BCUT2D eigenvalue weighted by Gasteiger charge is 2.53. The number of rotatable bonds is 13. The van der Waals surface area contributed by atoms with Gasteiger partial charge in [0.05, 0.1) is 18.8 Å². The van der Waals surface area contributed by atoms with Gasteiger partial charge in [0, 0.05) is 36.5 Å². The Bertz CT molecular complexity index is 2750. The Morgan fingerprint density at radius 1 is 0.731 bits per heavy atom. The Hall–Kier alpha value is -6.29. The Labute approximate surface area is 393 Å².